The van der Waals surface area contributed by atoms with Crippen molar-refractivity contribution in [1.82, 2.24) is 5.32 Å². The Morgan fingerprint density at radius 1 is 1.39 bits per heavy atom. The fourth-order valence-electron chi connectivity index (χ4n) is 2.25. The van der Waals surface area contributed by atoms with Gasteiger partial charge in [-0.25, -0.2) is 0 Å². The molecule has 4 nitrogen and oxygen atoms in total. The fourth-order valence-corrected chi connectivity index (χ4v) is 2.40. The Bertz CT molecular complexity index is 462. The molecular formula is C13H16ClNO3. The van der Waals surface area contributed by atoms with Crippen LogP contribution in [0.1, 0.15) is 17.2 Å². The van der Waals surface area contributed by atoms with Gasteiger partial charge < -0.3 is 14.8 Å². The molecule has 1 aliphatic rings. The van der Waals surface area contributed by atoms with Crippen LogP contribution in [-0.4, -0.2) is 32.4 Å². The van der Waals surface area contributed by atoms with Crippen LogP contribution in [-0.2, 0) is 11.2 Å². The number of alkyl halides is 1. The van der Waals surface area contributed by atoms with Crippen LogP contribution in [0.25, 0.3) is 0 Å². The Labute approximate surface area is 111 Å². The van der Waals surface area contributed by atoms with Gasteiger partial charge in [0.1, 0.15) is 0 Å². The molecule has 1 unspecified atom stereocenters. The number of hydrogen-bond acceptors (Lipinski definition) is 4. The Kier molecular flexibility index (Phi) is 4.09. The summed E-state index contributed by atoms with van der Waals surface area (Å²) in [5, 5.41) is 3.18. The maximum atomic E-state index is 11.8. The van der Waals surface area contributed by atoms with E-state index in [1.165, 1.54) is 0 Å². The maximum Gasteiger partial charge on any atom is 0.168 e. The largest absolute Gasteiger partial charge is 0.493 e. The summed E-state index contributed by atoms with van der Waals surface area (Å²) in [5.74, 6) is 1.30. The quantitative estimate of drug-likeness (QED) is 0.846. The van der Waals surface area contributed by atoms with E-state index in [4.69, 9.17) is 21.1 Å². The predicted molar refractivity (Wildman–Crippen MR) is 69.7 cm³/mol. The molecular weight excluding hydrogens is 254 g/mol. The van der Waals surface area contributed by atoms with Crippen LogP contribution in [0, 0.1) is 0 Å². The summed E-state index contributed by atoms with van der Waals surface area (Å²) in [6.07, 6.45) is 0.863. The number of benzene rings is 1. The number of carbonyl (C=O) groups is 1. The minimum absolute atomic E-state index is 0.00541. The van der Waals surface area contributed by atoms with Crippen molar-refractivity contribution in [3.8, 4) is 11.5 Å². The molecule has 0 bridgehead atoms. The third-order valence-electron chi connectivity index (χ3n) is 3.15. The number of methoxy groups -OCH3 is 2. The third-order valence-corrected chi connectivity index (χ3v) is 3.42. The van der Waals surface area contributed by atoms with Crippen LogP contribution < -0.4 is 14.8 Å². The standard InChI is InChI=1S/C13H16ClNO3/c1-17-11-5-8-3-4-15-13(10(16)7-14)9(8)6-12(11)18-2/h5-6,13,15H,3-4,7H2,1-2H3. The topological polar surface area (TPSA) is 47.6 Å². The molecule has 18 heavy (non-hydrogen) atoms. The molecule has 0 radical (unpaired) electrons. The van der Waals surface area contributed by atoms with Gasteiger partial charge in [0.05, 0.1) is 26.1 Å². The van der Waals surface area contributed by atoms with Gasteiger partial charge in [0.25, 0.3) is 0 Å². The summed E-state index contributed by atoms with van der Waals surface area (Å²) in [7, 11) is 3.19. The highest BCUT2D eigenvalue weighted by Crippen LogP contribution is 2.35. The first-order valence-corrected chi connectivity index (χ1v) is 6.31. The van der Waals surface area contributed by atoms with Crippen molar-refractivity contribution < 1.29 is 14.3 Å². The third kappa shape index (κ3) is 2.31. The number of nitrogens with one attached hydrogen (secondary N) is 1. The van der Waals surface area contributed by atoms with Crippen LogP contribution in [0.2, 0.25) is 0 Å². The highest BCUT2D eigenvalue weighted by molar-refractivity contribution is 6.28. The lowest BCUT2D eigenvalue weighted by Gasteiger charge is -2.26. The number of Topliss-reactive ketones (excluding diaryl/α,β-unsaturated/α-hetero) is 1. The molecule has 98 valence electrons. The Morgan fingerprint density at radius 3 is 2.67 bits per heavy atom. The van der Waals surface area contributed by atoms with Crippen molar-refractivity contribution in [2.24, 2.45) is 0 Å². The second kappa shape index (κ2) is 5.59. The zero-order valence-electron chi connectivity index (χ0n) is 10.5. The Hall–Kier alpha value is -1.26. The average molecular weight is 270 g/mol. The normalized spacial score (nSPS) is 18.1. The molecule has 0 saturated heterocycles. The Balaban J connectivity index is 2.46. The minimum Gasteiger partial charge on any atom is -0.493 e. The van der Waals surface area contributed by atoms with E-state index in [1.807, 2.05) is 12.1 Å². The second-order valence-corrected chi connectivity index (χ2v) is 4.41. The van der Waals surface area contributed by atoms with Crippen molar-refractivity contribution in [2.45, 2.75) is 12.5 Å². The number of ether oxygens (including phenoxy) is 2. The smallest absolute Gasteiger partial charge is 0.168 e. The van der Waals surface area contributed by atoms with Gasteiger partial charge >= 0.3 is 0 Å². The van der Waals surface area contributed by atoms with Crippen LogP contribution >= 0.6 is 11.6 Å². The lowest BCUT2D eigenvalue weighted by atomic mass is 9.91. The minimum atomic E-state index is -0.342. The highest BCUT2D eigenvalue weighted by atomic mass is 35.5. The van der Waals surface area contributed by atoms with Gasteiger partial charge in [-0.05, 0) is 29.7 Å². The summed E-state index contributed by atoms with van der Waals surface area (Å²) >= 11 is 5.64. The number of hydrogen-bond donors (Lipinski definition) is 1. The van der Waals surface area contributed by atoms with Gasteiger partial charge in [-0.1, -0.05) is 0 Å². The van der Waals surface area contributed by atoms with Gasteiger partial charge in [-0.15, -0.1) is 11.6 Å². The number of carbonyl (C=O) groups excluding carboxylic acids is 1. The fraction of sp³-hybridized carbons (Fsp3) is 0.462. The van der Waals surface area contributed by atoms with E-state index in [1.54, 1.807) is 14.2 Å². The summed E-state index contributed by atoms with van der Waals surface area (Å²) in [4.78, 5) is 11.8. The summed E-state index contributed by atoms with van der Waals surface area (Å²) in [5.41, 5.74) is 2.04. The molecule has 1 atom stereocenters. The molecule has 5 heteroatoms. The van der Waals surface area contributed by atoms with E-state index in [2.05, 4.69) is 5.32 Å². The van der Waals surface area contributed by atoms with Crippen molar-refractivity contribution in [2.75, 3.05) is 26.6 Å². The summed E-state index contributed by atoms with van der Waals surface area (Å²) < 4.78 is 10.5. The summed E-state index contributed by atoms with van der Waals surface area (Å²) in [6, 6.07) is 3.45. The van der Waals surface area contributed by atoms with Crippen molar-refractivity contribution >= 4 is 17.4 Å². The lowest BCUT2D eigenvalue weighted by molar-refractivity contribution is -0.118. The zero-order valence-corrected chi connectivity index (χ0v) is 11.2. The van der Waals surface area contributed by atoms with Crippen LogP contribution in [0.5, 0.6) is 11.5 Å². The average Bonchev–Trinajstić information content (AvgIpc) is 2.44. The first kappa shape index (κ1) is 13.2. The number of fused-ring (bicyclic) bond motifs is 1. The lowest BCUT2D eigenvalue weighted by Crippen LogP contribution is -2.35. The van der Waals surface area contributed by atoms with Crippen molar-refractivity contribution in [3.05, 3.63) is 23.3 Å². The molecule has 0 spiro atoms. The van der Waals surface area contributed by atoms with E-state index < -0.39 is 0 Å². The van der Waals surface area contributed by atoms with E-state index in [9.17, 15) is 4.79 Å². The molecule has 0 amide bonds. The molecule has 1 aromatic rings. The molecule has 1 aromatic carbocycles. The zero-order chi connectivity index (χ0) is 13.1. The van der Waals surface area contributed by atoms with Crippen LogP contribution in [0.4, 0.5) is 0 Å². The van der Waals surface area contributed by atoms with Gasteiger partial charge in [0, 0.05) is 6.54 Å². The van der Waals surface area contributed by atoms with Gasteiger partial charge in [-0.3, -0.25) is 4.79 Å². The van der Waals surface area contributed by atoms with E-state index in [0.717, 1.165) is 24.1 Å². The molecule has 1 aliphatic heterocycles. The van der Waals surface area contributed by atoms with Gasteiger partial charge in [0.2, 0.25) is 0 Å². The first-order chi connectivity index (χ1) is 8.71. The van der Waals surface area contributed by atoms with Crippen molar-refractivity contribution in [3.63, 3.8) is 0 Å². The van der Waals surface area contributed by atoms with E-state index in [0.29, 0.717) is 11.5 Å². The van der Waals surface area contributed by atoms with E-state index >= 15 is 0 Å². The van der Waals surface area contributed by atoms with Gasteiger partial charge in [0.15, 0.2) is 17.3 Å². The van der Waals surface area contributed by atoms with Crippen LogP contribution in [0.3, 0.4) is 0 Å². The molecule has 0 aliphatic carbocycles. The molecule has 0 fully saturated rings. The first-order valence-electron chi connectivity index (χ1n) is 5.78. The maximum absolute atomic E-state index is 11.8. The van der Waals surface area contributed by atoms with Crippen LogP contribution in [0.15, 0.2) is 12.1 Å². The van der Waals surface area contributed by atoms with Crippen molar-refractivity contribution in [1.29, 1.82) is 0 Å². The van der Waals surface area contributed by atoms with E-state index in [-0.39, 0.29) is 17.7 Å². The number of rotatable bonds is 4. The molecule has 1 heterocycles. The summed E-state index contributed by atoms with van der Waals surface area (Å²) in [6.45, 7) is 0.760. The predicted octanol–water partition coefficient (Wildman–Crippen LogP) is 1.70. The second-order valence-electron chi connectivity index (χ2n) is 4.14. The monoisotopic (exact) mass is 269 g/mol. The highest BCUT2D eigenvalue weighted by Gasteiger charge is 2.27. The number of halogens is 1. The molecule has 1 N–H and O–H groups in total. The molecule has 0 aromatic heterocycles. The SMILES string of the molecule is COc1cc2c(cc1OC)C(C(=O)CCl)NCC2. The Morgan fingerprint density at radius 2 is 2.06 bits per heavy atom. The molecule has 0 saturated carbocycles. The number of ketones is 1. The van der Waals surface area contributed by atoms with Gasteiger partial charge in [-0.2, -0.15) is 0 Å². The molecule has 2 rings (SSSR count).